The van der Waals surface area contributed by atoms with E-state index in [1.165, 1.54) is 20.1 Å². The molecule has 0 amide bonds. The average Bonchev–Trinajstić information content (AvgIpc) is 2.27. The molecular formula is C12H17FO4. The van der Waals surface area contributed by atoms with Gasteiger partial charge in [-0.3, -0.25) is 4.79 Å². The normalized spacial score (nSPS) is 9.53. The highest BCUT2D eigenvalue weighted by atomic mass is 19.1. The molecule has 4 nitrogen and oxygen atoms in total. The van der Waals surface area contributed by atoms with Crippen LogP contribution >= 0.6 is 0 Å². The lowest BCUT2D eigenvalue weighted by molar-refractivity contribution is -0.140. The number of halogens is 1. The number of rotatable bonds is 3. The van der Waals surface area contributed by atoms with Gasteiger partial charge in [-0.25, -0.2) is 4.39 Å². The minimum Gasteiger partial charge on any atom is -0.469 e. The van der Waals surface area contributed by atoms with Gasteiger partial charge >= 0.3 is 5.97 Å². The van der Waals surface area contributed by atoms with Gasteiger partial charge in [-0.2, -0.15) is 0 Å². The molecule has 0 saturated heterocycles. The van der Waals surface area contributed by atoms with Crippen molar-refractivity contribution in [2.75, 3.05) is 7.11 Å². The van der Waals surface area contributed by atoms with E-state index in [1.807, 2.05) is 0 Å². The fourth-order valence-corrected chi connectivity index (χ4v) is 1.04. The van der Waals surface area contributed by atoms with Crippen LogP contribution in [0.3, 0.4) is 0 Å². The van der Waals surface area contributed by atoms with Crippen LogP contribution < -0.4 is 0 Å². The van der Waals surface area contributed by atoms with Crippen molar-refractivity contribution in [3.63, 3.8) is 0 Å². The number of carbonyl (C=O) groups excluding carboxylic acids is 1. The second-order valence-electron chi connectivity index (χ2n) is 3.30. The molecule has 0 spiro atoms. The number of benzene rings is 1. The van der Waals surface area contributed by atoms with E-state index in [-0.39, 0.29) is 18.2 Å². The molecule has 1 aromatic rings. The largest absolute Gasteiger partial charge is 0.469 e. The Kier molecular flexibility index (Phi) is 7.92. The lowest BCUT2D eigenvalue weighted by Crippen LogP contribution is -2.02. The van der Waals surface area contributed by atoms with Crippen molar-refractivity contribution < 1.29 is 24.1 Å². The van der Waals surface area contributed by atoms with Gasteiger partial charge in [0.25, 0.3) is 0 Å². The van der Waals surface area contributed by atoms with Crippen molar-refractivity contribution in [2.45, 2.75) is 26.1 Å². The third-order valence-electron chi connectivity index (χ3n) is 1.78. The van der Waals surface area contributed by atoms with E-state index in [4.69, 9.17) is 10.2 Å². The average molecular weight is 244 g/mol. The van der Waals surface area contributed by atoms with E-state index < -0.39 is 6.29 Å². The van der Waals surface area contributed by atoms with Gasteiger partial charge in [0.1, 0.15) is 12.1 Å². The van der Waals surface area contributed by atoms with Crippen LogP contribution in [-0.4, -0.2) is 29.6 Å². The zero-order chi connectivity index (χ0) is 13.3. The van der Waals surface area contributed by atoms with Crippen LogP contribution in [0.2, 0.25) is 0 Å². The predicted molar refractivity (Wildman–Crippen MR) is 60.6 cm³/mol. The van der Waals surface area contributed by atoms with Crippen molar-refractivity contribution >= 4 is 5.97 Å². The first-order valence-electron chi connectivity index (χ1n) is 5.13. The van der Waals surface area contributed by atoms with Gasteiger partial charge in [0, 0.05) is 6.42 Å². The first-order chi connectivity index (χ1) is 7.97. The molecule has 0 bridgehead atoms. The Labute approximate surface area is 99.7 Å². The summed E-state index contributed by atoms with van der Waals surface area (Å²) in [7, 11) is 1.32. The summed E-state index contributed by atoms with van der Waals surface area (Å²) in [5.74, 6) is -0.588. The highest BCUT2D eigenvalue weighted by Gasteiger charge is 2.04. The van der Waals surface area contributed by atoms with Crippen molar-refractivity contribution in [1.82, 2.24) is 0 Å². The first kappa shape index (κ1) is 15.5. The van der Waals surface area contributed by atoms with Gasteiger partial charge in [-0.15, -0.1) is 0 Å². The van der Waals surface area contributed by atoms with E-state index >= 15 is 0 Å². The molecule has 0 fully saturated rings. The van der Waals surface area contributed by atoms with Crippen molar-refractivity contribution in [3.05, 3.63) is 35.6 Å². The Morgan fingerprint density at radius 1 is 1.41 bits per heavy atom. The molecule has 96 valence electrons. The summed E-state index contributed by atoms with van der Waals surface area (Å²) < 4.78 is 17.4. The van der Waals surface area contributed by atoms with Crippen LogP contribution in [0.25, 0.3) is 0 Å². The Morgan fingerprint density at radius 2 is 1.94 bits per heavy atom. The summed E-state index contributed by atoms with van der Waals surface area (Å²) >= 11 is 0. The Balaban J connectivity index is 0.000000557. The molecule has 0 aromatic heterocycles. The van der Waals surface area contributed by atoms with Gasteiger partial charge in [0.15, 0.2) is 0 Å². The van der Waals surface area contributed by atoms with E-state index in [0.717, 1.165) is 0 Å². The molecule has 0 atom stereocenters. The Hall–Kier alpha value is -1.46. The summed E-state index contributed by atoms with van der Waals surface area (Å²) in [5, 5.41) is 15.2. The second-order valence-corrected chi connectivity index (χ2v) is 3.30. The standard InChI is InChI=1S/C10H11FO2.C2H6O2/c1-13-10(12)7-6-8-4-2-3-5-9(8)11;1-2(3)4/h2-5H,6-7H2,1H3;2-4H,1H3. The molecule has 0 aliphatic heterocycles. The third kappa shape index (κ3) is 8.36. The molecule has 0 radical (unpaired) electrons. The van der Waals surface area contributed by atoms with Crippen molar-refractivity contribution in [3.8, 4) is 0 Å². The Bertz CT molecular complexity index is 336. The number of aliphatic hydroxyl groups excluding tert-OH is 1. The molecule has 0 heterocycles. The lowest BCUT2D eigenvalue weighted by atomic mass is 10.1. The van der Waals surface area contributed by atoms with Crippen LogP contribution in [0.15, 0.2) is 24.3 Å². The number of aryl methyl sites for hydroxylation is 1. The van der Waals surface area contributed by atoms with Crippen molar-refractivity contribution in [1.29, 1.82) is 0 Å². The molecule has 17 heavy (non-hydrogen) atoms. The number of methoxy groups -OCH3 is 1. The molecule has 2 N–H and O–H groups in total. The summed E-state index contributed by atoms with van der Waals surface area (Å²) in [4.78, 5) is 10.8. The van der Waals surface area contributed by atoms with Crippen LogP contribution in [0.1, 0.15) is 18.9 Å². The minimum absolute atomic E-state index is 0.220. The topological polar surface area (TPSA) is 66.8 Å². The second kappa shape index (κ2) is 8.66. The number of esters is 1. The SMILES string of the molecule is CC(O)O.COC(=O)CCc1ccccc1F. The highest BCUT2D eigenvalue weighted by molar-refractivity contribution is 5.69. The number of ether oxygens (including phenoxy) is 1. The highest BCUT2D eigenvalue weighted by Crippen LogP contribution is 2.08. The van der Waals surface area contributed by atoms with E-state index in [2.05, 4.69) is 4.74 Å². The number of hydrogen-bond acceptors (Lipinski definition) is 4. The van der Waals surface area contributed by atoms with Crippen molar-refractivity contribution in [2.24, 2.45) is 0 Å². The maximum Gasteiger partial charge on any atom is 0.305 e. The number of aliphatic hydroxyl groups is 2. The Morgan fingerprint density at radius 3 is 2.41 bits per heavy atom. The van der Waals surface area contributed by atoms with Gasteiger partial charge < -0.3 is 14.9 Å². The van der Waals surface area contributed by atoms with Gasteiger partial charge in [0.05, 0.1) is 7.11 Å². The smallest absolute Gasteiger partial charge is 0.305 e. The quantitative estimate of drug-likeness (QED) is 0.620. The van der Waals surface area contributed by atoms with E-state index in [0.29, 0.717) is 12.0 Å². The fraction of sp³-hybridized carbons (Fsp3) is 0.417. The number of hydrogen-bond donors (Lipinski definition) is 2. The number of carbonyl (C=O) groups is 1. The summed E-state index contributed by atoms with van der Waals surface area (Å²) in [5.41, 5.74) is 0.549. The molecular weight excluding hydrogens is 227 g/mol. The monoisotopic (exact) mass is 244 g/mol. The van der Waals surface area contributed by atoms with Crippen LogP contribution in [0.5, 0.6) is 0 Å². The molecule has 0 saturated carbocycles. The van der Waals surface area contributed by atoms with Crippen LogP contribution in [0.4, 0.5) is 4.39 Å². The summed E-state index contributed by atoms with van der Waals surface area (Å²) in [6.45, 7) is 1.28. The molecule has 1 rings (SSSR count). The van der Waals surface area contributed by atoms with Gasteiger partial charge in [-0.05, 0) is 25.0 Å². The predicted octanol–water partition coefficient (Wildman–Crippen LogP) is 1.25. The molecule has 5 heteroatoms. The zero-order valence-corrected chi connectivity index (χ0v) is 9.89. The summed E-state index contributed by atoms with van der Waals surface area (Å²) in [6, 6.07) is 6.41. The molecule has 0 aliphatic carbocycles. The maximum atomic E-state index is 13.0. The fourth-order valence-electron chi connectivity index (χ4n) is 1.04. The molecule has 1 aromatic carbocycles. The van der Waals surface area contributed by atoms with Crippen LogP contribution in [0, 0.1) is 5.82 Å². The van der Waals surface area contributed by atoms with Crippen LogP contribution in [-0.2, 0) is 16.0 Å². The lowest BCUT2D eigenvalue weighted by Gasteiger charge is -2.01. The molecule has 0 aliphatic rings. The zero-order valence-electron chi connectivity index (χ0n) is 9.89. The van der Waals surface area contributed by atoms with Gasteiger partial charge in [-0.1, -0.05) is 18.2 Å². The molecule has 0 unspecified atom stereocenters. The minimum atomic E-state index is -1.17. The van der Waals surface area contributed by atoms with Gasteiger partial charge in [0.2, 0.25) is 0 Å². The van der Waals surface area contributed by atoms with E-state index in [9.17, 15) is 9.18 Å². The third-order valence-corrected chi connectivity index (χ3v) is 1.78. The van der Waals surface area contributed by atoms with E-state index in [1.54, 1.807) is 18.2 Å². The maximum absolute atomic E-state index is 13.0. The first-order valence-corrected chi connectivity index (χ1v) is 5.13. The summed E-state index contributed by atoms with van der Waals surface area (Å²) in [6.07, 6.45) is -0.559.